The highest BCUT2D eigenvalue weighted by Gasteiger charge is 2.30. The number of ether oxygens (including phenoxy) is 1. The summed E-state index contributed by atoms with van der Waals surface area (Å²) in [5.41, 5.74) is 3.03. The lowest BCUT2D eigenvalue weighted by atomic mass is 10.1. The molecule has 7 heteroatoms. The van der Waals surface area contributed by atoms with Crippen molar-refractivity contribution in [2.24, 2.45) is 0 Å². The smallest absolute Gasteiger partial charge is 0.416 e. The van der Waals surface area contributed by atoms with Crippen molar-refractivity contribution in [2.75, 3.05) is 13.2 Å². The van der Waals surface area contributed by atoms with Crippen LogP contribution in [0.3, 0.4) is 0 Å². The van der Waals surface area contributed by atoms with Crippen molar-refractivity contribution in [3.05, 3.63) is 75.8 Å². The van der Waals surface area contributed by atoms with E-state index < -0.39 is 11.7 Å². The number of benzene rings is 2. The van der Waals surface area contributed by atoms with Gasteiger partial charge in [-0.25, -0.2) is 4.98 Å². The largest absolute Gasteiger partial charge is 0.491 e. The Morgan fingerprint density at radius 1 is 1.12 bits per heavy atom. The molecule has 0 saturated carbocycles. The van der Waals surface area contributed by atoms with Crippen LogP contribution in [0.2, 0.25) is 0 Å². The molecule has 0 atom stereocenters. The van der Waals surface area contributed by atoms with Crippen LogP contribution >= 0.6 is 11.3 Å². The van der Waals surface area contributed by atoms with Gasteiger partial charge in [0.1, 0.15) is 17.4 Å². The Bertz CT molecular complexity index is 1070. The Hall–Kier alpha value is -2.64. The molecule has 0 unspecified atom stereocenters. The first-order chi connectivity index (χ1) is 15.2. The number of thiazole rings is 1. The van der Waals surface area contributed by atoms with Gasteiger partial charge in [0.15, 0.2) is 0 Å². The third-order valence-corrected chi connectivity index (χ3v) is 6.04. The molecule has 0 aliphatic carbocycles. The summed E-state index contributed by atoms with van der Waals surface area (Å²) in [6.07, 6.45) is 0.443. The average molecular weight is 462 g/mol. The SMILES string of the molecule is Cc1cc(C=CCc2sc(-c3ccc(C(F)(F)F)cc3)nc2C(C)C)ccc1OCCO. The summed E-state index contributed by atoms with van der Waals surface area (Å²) in [5, 5.41) is 9.62. The second-order valence-corrected chi connectivity index (χ2v) is 8.84. The van der Waals surface area contributed by atoms with E-state index in [1.807, 2.05) is 31.2 Å². The molecule has 0 aliphatic rings. The summed E-state index contributed by atoms with van der Waals surface area (Å²) in [4.78, 5) is 5.82. The Labute approximate surface area is 190 Å². The molecule has 1 heterocycles. The maximum Gasteiger partial charge on any atom is 0.416 e. The highest BCUT2D eigenvalue weighted by Crippen LogP contribution is 2.35. The summed E-state index contributed by atoms with van der Waals surface area (Å²) < 4.78 is 44.0. The topological polar surface area (TPSA) is 42.4 Å². The quantitative estimate of drug-likeness (QED) is 0.397. The lowest BCUT2D eigenvalue weighted by Gasteiger charge is -2.08. The number of rotatable bonds is 8. The monoisotopic (exact) mass is 461 g/mol. The summed E-state index contributed by atoms with van der Waals surface area (Å²) in [7, 11) is 0. The molecule has 1 N–H and O–H groups in total. The minimum absolute atomic E-state index is 0.0252. The summed E-state index contributed by atoms with van der Waals surface area (Å²) in [5.74, 6) is 0.963. The highest BCUT2D eigenvalue weighted by atomic mass is 32.1. The molecule has 2 aromatic carbocycles. The highest BCUT2D eigenvalue weighted by molar-refractivity contribution is 7.15. The van der Waals surface area contributed by atoms with Crippen molar-refractivity contribution in [1.29, 1.82) is 0 Å². The second-order valence-electron chi connectivity index (χ2n) is 7.76. The van der Waals surface area contributed by atoms with E-state index in [4.69, 9.17) is 14.8 Å². The van der Waals surface area contributed by atoms with E-state index in [0.29, 0.717) is 12.0 Å². The van der Waals surface area contributed by atoms with Crippen molar-refractivity contribution in [2.45, 2.75) is 39.3 Å². The molecule has 0 spiro atoms. The zero-order valence-electron chi connectivity index (χ0n) is 18.2. The van der Waals surface area contributed by atoms with Gasteiger partial charge in [0, 0.05) is 16.9 Å². The van der Waals surface area contributed by atoms with Gasteiger partial charge in [-0.3, -0.25) is 0 Å². The Morgan fingerprint density at radius 2 is 1.84 bits per heavy atom. The summed E-state index contributed by atoms with van der Waals surface area (Å²) in [6, 6.07) is 11.0. The van der Waals surface area contributed by atoms with Gasteiger partial charge < -0.3 is 9.84 Å². The maximum absolute atomic E-state index is 12.8. The van der Waals surface area contributed by atoms with Crippen LogP contribution in [0, 0.1) is 6.92 Å². The molecule has 3 rings (SSSR count). The third-order valence-electron chi connectivity index (χ3n) is 4.89. The minimum atomic E-state index is -4.35. The Kier molecular flexibility index (Phi) is 7.74. The van der Waals surface area contributed by atoms with Gasteiger partial charge in [-0.2, -0.15) is 13.2 Å². The molecular weight excluding hydrogens is 435 g/mol. The van der Waals surface area contributed by atoms with Crippen LogP contribution in [0.5, 0.6) is 5.75 Å². The van der Waals surface area contributed by atoms with Crippen molar-refractivity contribution < 1.29 is 23.0 Å². The van der Waals surface area contributed by atoms with Gasteiger partial charge in [0.2, 0.25) is 0 Å². The van der Waals surface area contributed by atoms with Crippen LogP contribution in [0.25, 0.3) is 16.6 Å². The van der Waals surface area contributed by atoms with Gasteiger partial charge >= 0.3 is 6.18 Å². The summed E-state index contributed by atoms with van der Waals surface area (Å²) >= 11 is 1.52. The van der Waals surface area contributed by atoms with Gasteiger partial charge in [-0.05, 0) is 48.2 Å². The average Bonchev–Trinajstić information content (AvgIpc) is 3.17. The number of nitrogens with zero attached hydrogens (tertiary/aromatic N) is 1. The van der Waals surface area contributed by atoms with Crippen LogP contribution in [0.1, 0.15) is 47.0 Å². The Balaban J connectivity index is 1.77. The predicted molar refractivity (Wildman–Crippen MR) is 123 cm³/mol. The van der Waals surface area contributed by atoms with E-state index in [0.717, 1.165) is 44.6 Å². The number of hydrogen-bond acceptors (Lipinski definition) is 4. The van der Waals surface area contributed by atoms with Gasteiger partial charge in [-0.15, -0.1) is 11.3 Å². The summed E-state index contributed by atoms with van der Waals surface area (Å²) in [6.45, 7) is 6.32. The first-order valence-electron chi connectivity index (χ1n) is 10.4. The maximum atomic E-state index is 12.8. The van der Waals surface area contributed by atoms with Gasteiger partial charge in [0.05, 0.1) is 17.9 Å². The lowest BCUT2D eigenvalue weighted by molar-refractivity contribution is -0.137. The number of aryl methyl sites for hydroxylation is 1. The van der Waals surface area contributed by atoms with Gasteiger partial charge in [-0.1, -0.05) is 44.2 Å². The van der Waals surface area contributed by atoms with Crippen LogP contribution in [-0.4, -0.2) is 23.3 Å². The first kappa shape index (κ1) is 24.0. The van der Waals surface area contributed by atoms with Crippen LogP contribution in [0.15, 0.2) is 48.5 Å². The number of allylic oxidation sites excluding steroid dienone is 1. The van der Waals surface area contributed by atoms with Gasteiger partial charge in [0.25, 0.3) is 0 Å². The van der Waals surface area contributed by atoms with E-state index in [2.05, 4.69) is 19.9 Å². The second kappa shape index (κ2) is 10.3. The van der Waals surface area contributed by atoms with Crippen molar-refractivity contribution >= 4 is 17.4 Å². The predicted octanol–water partition coefficient (Wildman–Crippen LogP) is 6.89. The van der Waals surface area contributed by atoms with Crippen LogP contribution in [0.4, 0.5) is 13.2 Å². The third kappa shape index (κ3) is 5.99. The molecule has 170 valence electrons. The molecule has 0 aliphatic heterocycles. The Morgan fingerprint density at radius 3 is 2.44 bits per heavy atom. The van der Waals surface area contributed by atoms with E-state index in [9.17, 15) is 13.2 Å². The van der Waals surface area contributed by atoms with E-state index in [-0.39, 0.29) is 19.1 Å². The normalized spacial score (nSPS) is 12.1. The number of aliphatic hydroxyl groups excluding tert-OH is 1. The van der Waals surface area contributed by atoms with E-state index in [1.54, 1.807) is 0 Å². The molecule has 3 aromatic rings. The molecule has 0 saturated heterocycles. The molecule has 0 amide bonds. The number of alkyl halides is 3. The van der Waals surface area contributed by atoms with Crippen molar-refractivity contribution in [1.82, 2.24) is 4.98 Å². The molecular formula is C25H26F3NO2S. The van der Waals surface area contributed by atoms with E-state index >= 15 is 0 Å². The van der Waals surface area contributed by atoms with E-state index in [1.165, 1.54) is 23.5 Å². The molecule has 1 aromatic heterocycles. The number of aromatic nitrogens is 1. The molecule has 3 nitrogen and oxygen atoms in total. The van der Waals surface area contributed by atoms with Crippen molar-refractivity contribution in [3.8, 4) is 16.3 Å². The van der Waals surface area contributed by atoms with Crippen LogP contribution in [-0.2, 0) is 12.6 Å². The number of aliphatic hydroxyl groups is 1. The molecule has 32 heavy (non-hydrogen) atoms. The molecule has 0 fully saturated rings. The molecule has 0 bridgehead atoms. The molecule has 0 radical (unpaired) electrons. The van der Waals surface area contributed by atoms with Crippen LogP contribution < -0.4 is 4.74 Å². The number of halogens is 3. The first-order valence-corrected chi connectivity index (χ1v) is 11.2. The fourth-order valence-electron chi connectivity index (χ4n) is 3.28. The number of hydrogen-bond donors (Lipinski definition) is 1. The zero-order valence-corrected chi connectivity index (χ0v) is 19.1. The standard InChI is InChI=1S/C25H26F3NO2S/c1-16(2)23-22(6-4-5-18-7-12-21(17(3)15-18)31-14-13-30)32-24(29-23)19-8-10-20(11-9-19)25(26,27)28/h4-5,7-12,15-16,30H,6,13-14H2,1-3H3. The fourth-order valence-corrected chi connectivity index (χ4v) is 4.48. The zero-order chi connectivity index (χ0) is 23.3. The lowest BCUT2D eigenvalue weighted by Crippen LogP contribution is -2.03. The van der Waals surface area contributed by atoms with Crippen molar-refractivity contribution in [3.63, 3.8) is 0 Å². The fraction of sp³-hybridized carbons (Fsp3) is 0.320. The minimum Gasteiger partial charge on any atom is -0.491 e.